The molecular formula is C10H16BrN3O2S. The Morgan fingerprint density at radius 1 is 1.47 bits per heavy atom. The summed E-state index contributed by atoms with van der Waals surface area (Å²) >= 11 is 3.36. The van der Waals surface area contributed by atoms with E-state index in [1.165, 1.54) is 0 Å². The number of halogens is 1. The molecule has 0 aliphatic carbocycles. The third-order valence-corrected chi connectivity index (χ3v) is 3.48. The van der Waals surface area contributed by atoms with Gasteiger partial charge in [0.25, 0.3) is 0 Å². The average Bonchev–Trinajstić information content (AvgIpc) is 2.13. The summed E-state index contributed by atoms with van der Waals surface area (Å²) in [5.41, 5.74) is -0.579. The van der Waals surface area contributed by atoms with E-state index in [4.69, 9.17) is 0 Å². The Hall–Kier alpha value is -0.660. The monoisotopic (exact) mass is 321 g/mol. The minimum absolute atomic E-state index is 0.440. The maximum Gasteiger partial charge on any atom is 0.209 e. The van der Waals surface area contributed by atoms with Gasteiger partial charge in [-0.2, -0.15) is 0 Å². The molecule has 0 bridgehead atoms. The van der Waals surface area contributed by atoms with Crippen molar-refractivity contribution < 1.29 is 8.42 Å². The second-order valence-corrected chi connectivity index (χ2v) is 7.05. The Morgan fingerprint density at radius 2 is 2.12 bits per heavy atom. The van der Waals surface area contributed by atoms with Gasteiger partial charge in [-0.15, -0.1) is 0 Å². The number of nitrogens with zero attached hydrogens (tertiary/aromatic N) is 1. The van der Waals surface area contributed by atoms with Gasteiger partial charge in [0, 0.05) is 18.3 Å². The number of hydrogen-bond acceptors (Lipinski definition) is 4. The van der Waals surface area contributed by atoms with E-state index in [0.29, 0.717) is 12.4 Å². The molecule has 0 unspecified atom stereocenters. The van der Waals surface area contributed by atoms with Crippen LogP contribution in [-0.4, -0.2) is 31.7 Å². The first kappa shape index (κ1) is 14.4. The van der Waals surface area contributed by atoms with Gasteiger partial charge in [0.1, 0.15) is 5.82 Å². The maximum absolute atomic E-state index is 11.2. The third-order valence-electron chi connectivity index (χ3n) is 1.92. The summed E-state index contributed by atoms with van der Waals surface area (Å²) in [5, 5.41) is 3.09. The first-order valence-electron chi connectivity index (χ1n) is 5.03. The number of nitrogens with one attached hydrogen (secondary N) is 2. The van der Waals surface area contributed by atoms with Crippen LogP contribution in [0.3, 0.4) is 0 Å². The van der Waals surface area contributed by atoms with Gasteiger partial charge in [-0.3, -0.25) is 0 Å². The Morgan fingerprint density at radius 3 is 2.65 bits per heavy atom. The van der Waals surface area contributed by atoms with Gasteiger partial charge in [0.2, 0.25) is 10.0 Å². The van der Waals surface area contributed by atoms with Crippen molar-refractivity contribution in [2.75, 3.05) is 18.1 Å². The van der Waals surface area contributed by atoms with Gasteiger partial charge in [-0.1, -0.05) is 0 Å². The highest BCUT2D eigenvalue weighted by molar-refractivity contribution is 9.10. The molecule has 1 rings (SSSR count). The minimum Gasteiger partial charge on any atom is -0.367 e. The quantitative estimate of drug-likeness (QED) is 0.863. The number of sulfonamides is 1. The summed E-state index contributed by atoms with van der Waals surface area (Å²) in [6, 6.07) is 3.68. The largest absolute Gasteiger partial charge is 0.367 e. The van der Waals surface area contributed by atoms with Gasteiger partial charge in [0.15, 0.2) is 0 Å². The molecule has 1 heterocycles. The molecule has 17 heavy (non-hydrogen) atoms. The van der Waals surface area contributed by atoms with Crippen molar-refractivity contribution in [1.29, 1.82) is 0 Å². The molecular weight excluding hydrogens is 306 g/mol. The van der Waals surface area contributed by atoms with Crippen molar-refractivity contribution in [2.24, 2.45) is 0 Å². The van der Waals surface area contributed by atoms with Crippen molar-refractivity contribution in [2.45, 2.75) is 19.4 Å². The van der Waals surface area contributed by atoms with E-state index in [-0.39, 0.29) is 0 Å². The predicted octanol–water partition coefficient (Wildman–Crippen LogP) is 1.58. The molecule has 0 atom stereocenters. The summed E-state index contributed by atoms with van der Waals surface area (Å²) in [7, 11) is -3.22. The number of pyridine rings is 1. The second kappa shape index (κ2) is 5.32. The van der Waals surface area contributed by atoms with E-state index >= 15 is 0 Å². The Bertz CT molecular complexity index is 488. The Kier molecular flexibility index (Phi) is 4.51. The number of anilines is 1. The highest BCUT2D eigenvalue weighted by Crippen LogP contribution is 2.19. The Labute approximate surface area is 110 Å². The molecule has 0 radical (unpaired) electrons. The lowest BCUT2D eigenvalue weighted by Gasteiger charge is -2.25. The summed E-state index contributed by atoms with van der Waals surface area (Å²) in [6.45, 7) is 4.05. The van der Waals surface area contributed by atoms with Crippen molar-refractivity contribution in [3.05, 3.63) is 22.8 Å². The number of rotatable bonds is 5. The Balaban J connectivity index is 2.65. The minimum atomic E-state index is -3.22. The zero-order valence-electron chi connectivity index (χ0n) is 9.99. The van der Waals surface area contributed by atoms with Gasteiger partial charge in [0.05, 0.1) is 10.7 Å². The second-order valence-electron chi connectivity index (χ2n) is 4.45. The lowest BCUT2D eigenvalue weighted by atomic mass is 10.1. The standard InChI is InChI=1S/C10H16BrN3O2S/c1-10(2,14-17(3,15)16)7-13-9-8(11)5-4-6-12-9/h4-6,14H,7H2,1-3H3,(H,12,13). The lowest BCUT2D eigenvalue weighted by Crippen LogP contribution is -2.47. The van der Waals surface area contributed by atoms with Crippen LogP contribution in [0.1, 0.15) is 13.8 Å². The van der Waals surface area contributed by atoms with Crippen molar-refractivity contribution >= 4 is 31.8 Å². The zero-order valence-corrected chi connectivity index (χ0v) is 12.4. The van der Waals surface area contributed by atoms with Gasteiger partial charge in [-0.25, -0.2) is 18.1 Å². The van der Waals surface area contributed by atoms with E-state index in [2.05, 4.69) is 31.0 Å². The maximum atomic E-state index is 11.2. The molecule has 1 aromatic rings. The van der Waals surface area contributed by atoms with Crippen LogP contribution in [0.5, 0.6) is 0 Å². The highest BCUT2D eigenvalue weighted by atomic mass is 79.9. The van der Waals surface area contributed by atoms with Crippen LogP contribution in [0, 0.1) is 0 Å². The number of aromatic nitrogens is 1. The van der Waals surface area contributed by atoms with Crippen molar-refractivity contribution in [3.63, 3.8) is 0 Å². The summed E-state index contributed by atoms with van der Waals surface area (Å²) in [6.07, 6.45) is 2.81. The molecule has 1 aromatic heterocycles. The number of hydrogen-bond donors (Lipinski definition) is 2. The fourth-order valence-corrected chi connectivity index (χ4v) is 2.83. The average molecular weight is 322 g/mol. The van der Waals surface area contributed by atoms with E-state index in [1.807, 2.05) is 12.1 Å². The van der Waals surface area contributed by atoms with Gasteiger partial charge in [-0.05, 0) is 41.9 Å². The normalized spacial score (nSPS) is 12.5. The van der Waals surface area contributed by atoms with Crippen LogP contribution in [0.4, 0.5) is 5.82 Å². The van der Waals surface area contributed by atoms with Crippen LogP contribution in [0.2, 0.25) is 0 Å². The SMILES string of the molecule is CC(C)(CNc1ncccc1Br)NS(C)(=O)=O. The van der Waals surface area contributed by atoms with Crippen molar-refractivity contribution in [1.82, 2.24) is 9.71 Å². The van der Waals surface area contributed by atoms with Crippen LogP contribution in [0.25, 0.3) is 0 Å². The van der Waals surface area contributed by atoms with Crippen LogP contribution < -0.4 is 10.0 Å². The molecule has 2 N–H and O–H groups in total. The summed E-state index contributed by atoms with van der Waals surface area (Å²) in [5.74, 6) is 0.691. The highest BCUT2D eigenvalue weighted by Gasteiger charge is 2.22. The van der Waals surface area contributed by atoms with E-state index in [0.717, 1.165) is 10.7 Å². The molecule has 0 aliphatic heterocycles. The van der Waals surface area contributed by atoms with Crippen LogP contribution in [-0.2, 0) is 10.0 Å². The molecule has 0 saturated heterocycles. The predicted molar refractivity (Wildman–Crippen MR) is 72.5 cm³/mol. The van der Waals surface area contributed by atoms with Crippen LogP contribution in [0.15, 0.2) is 22.8 Å². The molecule has 7 heteroatoms. The molecule has 96 valence electrons. The smallest absolute Gasteiger partial charge is 0.209 e. The summed E-state index contributed by atoms with van der Waals surface area (Å²) in [4.78, 5) is 4.14. The molecule has 0 aromatic carbocycles. The molecule has 0 fully saturated rings. The van der Waals surface area contributed by atoms with E-state index in [1.54, 1.807) is 20.0 Å². The zero-order chi connectivity index (χ0) is 13.1. The molecule has 0 amide bonds. The fourth-order valence-electron chi connectivity index (χ4n) is 1.36. The third kappa shape index (κ3) is 5.47. The lowest BCUT2D eigenvalue weighted by molar-refractivity contribution is 0.476. The summed E-state index contributed by atoms with van der Waals surface area (Å²) < 4.78 is 25.7. The van der Waals surface area contributed by atoms with Gasteiger partial charge >= 0.3 is 0 Å². The molecule has 0 aliphatic rings. The first-order valence-corrected chi connectivity index (χ1v) is 7.71. The van der Waals surface area contributed by atoms with Crippen LogP contribution >= 0.6 is 15.9 Å². The fraction of sp³-hybridized carbons (Fsp3) is 0.500. The van der Waals surface area contributed by atoms with E-state index in [9.17, 15) is 8.42 Å². The molecule has 5 nitrogen and oxygen atoms in total. The first-order chi connectivity index (χ1) is 7.70. The topological polar surface area (TPSA) is 71.1 Å². The van der Waals surface area contributed by atoms with E-state index < -0.39 is 15.6 Å². The van der Waals surface area contributed by atoms with Gasteiger partial charge < -0.3 is 5.32 Å². The van der Waals surface area contributed by atoms with Crippen molar-refractivity contribution in [3.8, 4) is 0 Å². The molecule has 0 saturated carbocycles. The molecule has 0 spiro atoms.